The van der Waals surface area contributed by atoms with Gasteiger partial charge in [-0.1, -0.05) is 11.8 Å². The van der Waals surface area contributed by atoms with Gasteiger partial charge < -0.3 is 0 Å². The Kier molecular flexibility index (Phi) is 3.30. The Bertz CT molecular complexity index is 596. The predicted octanol–water partition coefficient (Wildman–Crippen LogP) is 2.78. The quantitative estimate of drug-likeness (QED) is 0.821. The van der Waals surface area contributed by atoms with Gasteiger partial charge in [0.05, 0.1) is 11.8 Å². The summed E-state index contributed by atoms with van der Waals surface area (Å²) in [7, 11) is 0. The van der Waals surface area contributed by atoms with E-state index in [1.807, 2.05) is 6.07 Å². The van der Waals surface area contributed by atoms with Gasteiger partial charge in [0.2, 0.25) is 0 Å². The van der Waals surface area contributed by atoms with Crippen molar-refractivity contribution in [1.82, 2.24) is 10.2 Å². The number of hydrogen-bond acceptors (Lipinski definition) is 4. The summed E-state index contributed by atoms with van der Waals surface area (Å²) in [4.78, 5) is 0.198. The molecule has 0 saturated carbocycles. The van der Waals surface area contributed by atoms with Crippen LogP contribution >= 0.6 is 11.8 Å². The Morgan fingerprint density at radius 1 is 1.24 bits per heavy atom. The molecular formula is C11H5F2N3S. The summed E-state index contributed by atoms with van der Waals surface area (Å²) in [5.74, 6) is -1.34. The SMILES string of the molecule is N#Cc1ccnnc1Sc1ccc(F)cc1F. The molecular weight excluding hydrogens is 244 g/mol. The van der Waals surface area contributed by atoms with Gasteiger partial charge in [0.1, 0.15) is 22.7 Å². The highest BCUT2D eigenvalue weighted by atomic mass is 32.2. The highest BCUT2D eigenvalue weighted by molar-refractivity contribution is 7.99. The molecule has 2 aromatic rings. The van der Waals surface area contributed by atoms with Crippen LogP contribution in [-0.4, -0.2) is 10.2 Å². The molecule has 0 amide bonds. The van der Waals surface area contributed by atoms with E-state index < -0.39 is 11.6 Å². The van der Waals surface area contributed by atoms with Crippen LogP contribution in [0, 0.1) is 23.0 Å². The third kappa shape index (κ3) is 2.57. The number of halogens is 2. The third-order valence-corrected chi connectivity index (χ3v) is 2.95. The summed E-state index contributed by atoms with van der Waals surface area (Å²) < 4.78 is 26.1. The molecule has 6 heteroatoms. The van der Waals surface area contributed by atoms with Crippen molar-refractivity contribution in [2.45, 2.75) is 9.92 Å². The average molecular weight is 249 g/mol. The Labute approximate surface area is 100 Å². The van der Waals surface area contributed by atoms with Crippen molar-refractivity contribution < 1.29 is 8.78 Å². The second kappa shape index (κ2) is 4.89. The molecule has 0 aliphatic heterocycles. The summed E-state index contributed by atoms with van der Waals surface area (Å²) in [6, 6.07) is 6.64. The molecule has 1 aromatic carbocycles. The third-order valence-electron chi connectivity index (χ3n) is 1.91. The van der Waals surface area contributed by atoms with E-state index in [9.17, 15) is 8.78 Å². The minimum absolute atomic E-state index is 0.198. The number of nitrogens with zero attached hydrogens (tertiary/aromatic N) is 3. The number of rotatable bonds is 2. The lowest BCUT2D eigenvalue weighted by Gasteiger charge is -2.02. The molecule has 0 saturated heterocycles. The van der Waals surface area contributed by atoms with Gasteiger partial charge in [-0.05, 0) is 18.2 Å². The van der Waals surface area contributed by atoms with Crippen LogP contribution < -0.4 is 0 Å². The van der Waals surface area contributed by atoms with Crippen LogP contribution in [0.25, 0.3) is 0 Å². The normalized spacial score (nSPS) is 9.94. The van der Waals surface area contributed by atoms with Crippen molar-refractivity contribution in [3.8, 4) is 6.07 Å². The fraction of sp³-hybridized carbons (Fsp3) is 0. The molecule has 84 valence electrons. The fourth-order valence-corrected chi connectivity index (χ4v) is 1.95. The first kappa shape index (κ1) is 11.5. The number of aromatic nitrogens is 2. The van der Waals surface area contributed by atoms with E-state index in [4.69, 9.17) is 5.26 Å². The lowest BCUT2D eigenvalue weighted by Crippen LogP contribution is -1.90. The standard InChI is InChI=1S/C11H5F2N3S/c12-8-1-2-10(9(13)5-8)17-11-7(6-14)3-4-15-16-11/h1-5H. The first-order valence-corrected chi connectivity index (χ1v) is 5.37. The monoisotopic (exact) mass is 249 g/mol. The Morgan fingerprint density at radius 2 is 2.06 bits per heavy atom. The second-order valence-corrected chi connectivity index (χ2v) is 4.07. The minimum Gasteiger partial charge on any atom is -0.207 e. The lowest BCUT2D eigenvalue weighted by atomic mass is 10.3. The van der Waals surface area contributed by atoms with Gasteiger partial charge in [-0.3, -0.25) is 0 Å². The van der Waals surface area contributed by atoms with E-state index in [1.54, 1.807) is 0 Å². The molecule has 0 N–H and O–H groups in total. The molecule has 0 bridgehead atoms. The maximum Gasteiger partial charge on any atom is 0.141 e. The minimum atomic E-state index is -0.690. The van der Waals surface area contributed by atoms with Gasteiger partial charge in [-0.25, -0.2) is 8.78 Å². The van der Waals surface area contributed by atoms with E-state index in [0.29, 0.717) is 10.6 Å². The van der Waals surface area contributed by atoms with Crippen LogP contribution in [0.1, 0.15) is 5.56 Å². The maximum atomic E-state index is 13.4. The summed E-state index contributed by atoms with van der Waals surface area (Å²) in [6.45, 7) is 0. The van der Waals surface area contributed by atoms with Crippen molar-refractivity contribution in [2.75, 3.05) is 0 Å². The molecule has 1 heterocycles. The first-order valence-electron chi connectivity index (χ1n) is 4.55. The number of benzene rings is 1. The predicted molar refractivity (Wildman–Crippen MR) is 57.2 cm³/mol. The van der Waals surface area contributed by atoms with Crippen molar-refractivity contribution in [3.05, 3.63) is 47.7 Å². The zero-order chi connectivity index (χ0) is 12.3. The Balaban J connectivity index is 2.35. The van der Waals surface area contributed by atoms with Crippen molar-refractivity contribution in [2.24, 2.45) is 0 Å². The molecule has 0 aliphatic carbocycles. The van der Waals surface area contributed by atoms with Gasteiger partial charge >= 0.3 is 0 Å². The van der Waals surface area contributed by atoms with E-state index >= 15 is 0 Å². The molecule has 0 spiro atoms. The van der Waals surface area contributed by atoms with Gasteiger partial charge in [0.25, 0.3) is 0 Å². The van der Waals surface area contributed by atoms with E-state index in [0.717, 1.165) is 23.9 Å². The molecule has 0 radical (unpaired) electrons. The van der Waals surface area contributed by atoms with Crippen molar-refractivity contribution >= 4 is 11.8 Å². The summed E-state index contributed by atoms with van der Waals surface area (Å²) in [6.07, 6.45) is 1.38. The highest BCUT2D eigenvalue weighted by Crippen LogP contribution is 2.30. The van der Waals surface area contributed by atoms with E-state index in [1.165, 1.54) is 18.3 Å². The van der Waals surface area contributed by atoms with Crippen LogP contribution in [0.5, 0.6) is 0 Å². The number of hydrogen-bond donors (Lipinski definition) is 0. The topological polar surface area (TPSA) is 49.6 Å². The molecule has 17 heavy (non-hydrogen) atoms. The zero-order valence-electron chi connectivity index (χ0n) is 8.39. The second-order valence-electron chi connectivity index (χ2n) is 3.04. The molecule has 3 nitrogen and oxygen atoms in total. The lowest BCUT2D eigenvalue weighted by molar-refractivity contribution is 0.565. The van der Waals surface area contributed by atoms with Crippen LogP contribution in [-0.2, 0) is 0 Å². The van der Waals surface area contributed by atoms with Gasteiger partial charge in [0.15, 0.2) is 0 Å². The molecule has 0 aliphatic rings. The average Bonchev–Trinajstić information content (AvgIpc) is 2.33. The van der Waals surface area contributed by atoms with E-state index in [2.05, 4.69) is 10.2 Å². The molecule has 0 fully saturated rings. The summed E-state index contributed by atoms with van der Waals surface area (Å²) in [5, 5.41) is 16.5. The fourth-order valence-electron chi connectivity index (χ4n) is 1.14. The molecule has 0 unspecified atom stereocenters. The Hall–Kier alpha value is -2.00. The van der Waals surface area contributed by atoms with Crippen LogP contribution in [0.3, 0.4) is 0 Å². The van der Waals surface area contributed by atoms with Gasteiger partial charge in [-0.2, -0.15) is 10.4 Å². The Morgan fingerprint density at radius 3 is 2.76 bits per heavy atom. The van der Waals surface area contributed by atoms with Crippen molar-refractivity contribution in [3.63, 3.8) is 0 Å². The van der Waals surface area contributed by atoms with Crippen LogP contribution in [0.15, 0.2) is 40.4 Å². The first-order chi connectivity index (χ1) is 8.20. The smallest absolute Gasteiger partial charge is 0.141 e. The molecule has 0 atom stereocenters. The van der Waals surface area contributed by atoms with Crippen molar-refractivity contribution in [1.29, 1.82) is 5.26 Å². The number of nitriles is 1. The molecule has 2 rings (SSSR count). The zero-order valence-corrected chi connectivity index (χ0v) is 9.21. The summed E-state index contributed by atoms with van der Waals surface area (Å²) >= 11 is 0.936. The summed E-state index contributed by atoms with van der Waals surface area (Å²) in [5.41, 5.74) is 0.300. The largest absolute Gasteiger partial charge is 0.207 e. The van der Waals surface area contributed by atoms with Gasteiger partial charge in [0, 0.05) is 11.0 Å². The molecule has 1 aromatic heterocycles. The van der Waals surface area contributed by atoms with Crippen LogP contribution in [0.2, 0.25) is 0 Å². The van der Waals surface area contributed by atoms with Gasteiger partial charge in [-0.15, -0.1) is 5.10 Å². The maximum absolute atomic E-state index is 13.4. The van der Waals surface area contributed by atoms with E-state index in [-0.39, 0.29) is 4.90 Å². The highest BCUT2D eigenvalue weighted by Gasteiger charge is 2.10. The van der Waals surface area contributed by atoms with Crippen LogP contribution in [0.4, 0.5) is 8.78 Å².